The first kappa shape index (κ1) is 14.9. The van der Waals surface area contributed by atoms with Gasteiger partial charge in [0.1, 0.15) is 5.82 Å². The van der Waals surface area contributed by atoms with Gasteiger partial charge in [0.25, 0.3) is 0 Å². The number of aromatic nitrogens is 5. The Morgan fingerprint density at radius 2 is 2.04 bits per heavy atom. The summed E-state index contributed by atoms with van der Waals surface area (Å²) in [4.78, 5) is 7.53. The number of hydrogen-bond donors (Lipinski definition) is 2. The molecule has 7 heteroatoms. The van der Waals surface area contributed by atoms with E-state index < -0.39 is 0 Å². The maximum atomic E-state index is 8.91. The van der Waals surface area contributed by atoms with Crippen LogP contribution in [0.4, 0.5) is 5.69 Å². The molecule has 1 aromatic carbocycles. The molecular weight excluding hydrogens is 326 g/mol. The Bertz CT molecular complexity index is 1120. The van der Waals surface area contributed by atoms with Gasteiger partial charge in [-0.2, -0.15) is 5.26 Å². The van der Waals surface area contributed by atoms with Crippen LogP contribution in [0.25, 0.3) is 16.8 Å². The fourth-order valence-corrected chi connectivity index (χ4v) is 3.89. The third kappa shape index (κ3) is 2.39. The highest BCUT2D eigenvalue weighted by atomic mass is 15.3. The van der Waals surface area contributed by atoms with Crippen molar-refractivity contribution in [2.45, 2.75) is 31.2 Å². The maximum absolute atomic E-state index is 8.91. The SMILES string of the molecule is N#Cc1ccc(N[C@H]2CC[C@@H](c3nnc4cnc5[nH]ccc5n34)C2)cc1. The van der Waals surface area contributed by atoms with Gasteiger partial charge in [0.2, 0.25) is 0 Å². The van der Waals surface area contributed by atoms with Crippen molar-refractivity contribution in [1.29, 1.82) is 5.26 Å². The van der Waals surface area contributed by atoms with Gasteiger partial charge < -0.3 is 10.3 Å². The van der Waals surface area contributed by atoms with E-state index in [1.165, 1.54) is 0 Å². The van der Waals surface area contributed by atoms with Crippen LogP contribution in [0.15, 0.2) is 42.7 Å². The molecule has 0 bridgehead atoms. The summed E-state index contributed by atoms with van der Waals surface area (Å²) in [6, 6.07) is 12.2. The zero-order valence-electron chi connectivity index (χ0n) is 14.1. The van der Waals surface area contributed by atoms with Crippen LogP contribution in [-0.4, -0.2) is 30.6 Å². The summed E-state index contributed by atoms with van der Waals surface area (Å²) in [5.74, 6) is 1.37. The predicted molar refractivity (Wildman–Crippen MR) is 97.8 cm³/mol. The summed E-state index contributed by atoms with van der Waals surface area (Å²) < 4.78 is 2.12. The van der Waals surface area contributed by atoms with E-state index >= 15 is 0 Å². The average molecular weight is 343 g/mol. The summed E-state index contributed by atoms with van der Waals surface area (Å²) in [6.07, 6.45) is 6.82. The van der Waals surface area contributed by atoms with Crippen molar-refractivity contribution >= 4 is 22.5 Å². The van der Waals surface area contributed by atoms with E-state index in [1.807, 2.05) is 36.5 Å². The van der Waals surface area contributed by atoms with Gasteiger partial charge >= 0.3 is 0 Å². The zero-order valence-corrected chi connectivity index (χ0v) is 14.1. The second-order valence-electron chi connectivity index (χ2n) is 6.76. The normalized spacial score (nSPS) is 19.8. The molecular formula is C19H17N7. The largest absolute Gasteiger partial charge is 0.382 e. The molecule has 1 saturated carbocycles. The van der Waals surface area contributed by atoms with Crippen molar-refractivity contribution in [3.05, 3.63) is 54.1 Å². The molecule has 0 amide bonds. The molecule has 3 aromatic heterocycles. The smallest absolute Gasteiger partial charge is 0.179 e. The predicted octanol–water partition coefficient (Wildman–Crippen LogP) is 3.23. The van der Waals surface area contributed by atoms with E-state index in [0.717, 1.165) is 47.6 Å². The third-order valence-electron chi connectivity index (χ3n) is 5.15. The molecule has 1 aliphatic carbocycles. The zero-order chi connectivity index (χ0) is 17.5. The van der Waals surface area contributed by atoms with Crippen LogP contribution in [0.2, 0.25) is 0 Å². The highest BCUT2D eigenvalue weighted by Crippen LogP contribution is 2.35. The van der Waals surface area contributed by atoms with E-state index in [9.17, 15) is 0 Å². The van der Waals surface area contributed by atoms with Crippen molar-refractivity contribution in [3.8, 4) is 6.07 Å². The number of aromatic amines is 1. The van der Waals surface area contributed by atoms with Gasteiger partial charge in [-0.05, 0) is 49.6 Å². The second-order valence-corrected chi connectivity index (χ2v) is 6.76. The molecule has 3 heterocycles. The molecule has 128 valence electrons. The number of hydrogen-bond acceptors (Lipinski definition) is 5. The van der Waals surface area contributed by atoms with Crippen molar-refractivity contribution < 1.29 is 0 Å². The molecule has 0 unspecified atom stereocenters. The molecule has 7 nitrogen and oxygen atoms in total. The van der Waals surface area contributed by atoms with Crippen LogP contribution in [0.3, 0.4) is 0 Å². The monoisotopic (exact) mass is 343 g/mol. The minimum Gasteiger partial charge on any atom is -0.382 e. The van der Waals surface area contributed by atoms with Crippen LogP contribution in [0, 0.1) is 11.3 Å². The molecule has 0 aliphatic heterocycles. The summed E-state index contributed by atoms with van der Waals surface area (Å²) >= 11 is 0. The van der Waals surface area contributed by atoms with E-state index in [0.29, 0.717) is 17.5 Å². The number of rotatable bonds is 3. The van der Waals surface area contributed by atoms with Crippen LogP contribution >= 0.6 is 0 Å². The number of H-pyrrole nitrogens is 1. The lowest BCUT2D eigenvalue weighted by Gasteiger charge is -2.14. The lowest BCUT2D eigenvalue weighted by molar-refractivity contribution is 0.652. The summed E-state index contributed by atoms with van der Waals surface area (Å²) in [7, 11) is 0. The molecule has 26 heavy (non-hydrogen) atoms. The number of fused-ring (bicyclic) bond motifs is 3. The third-order valence-corrected chi connectivity index (χ3v) is 5.15. The molecule has 1 fully saturated rings. The Morgan fingerprint density at radius 3 is 2.88 bits per heavy atom. The molecule has 0 spiro atoms. The van der Waals surface area contributed by atoms with Crippen molar-refractivity contribution in [2.24, 2.45) is 0 Å². The van der Waals surface area contributed by atoms with Crippen molar-refractivity contribution in [1.82, 2.24) is 24.6 Å². The van der Waals surface area contributed by atoms with E-state index in [4.69, 9.17) is 5.26 Å². The molecule has 0 radical (unpaired) electrons. The first-order chi connectivity index (χ1) is 12.8. The fraction of sp³-hybridized carbons (Fsp3) is 0.263. The van der Waals surface area contributed by atoms with Gasteiger partial charge in [0, 0.05) is 23.8 Å². The van der Waals surface area contributed by atoms with Crippen LogP contribution < -0.4 is 5.32 Å². The van der Waals surface area contributed by atoms with E-state index in [-0.39, 0.29) is 0 Å². The van der Waals surface area contributed by atoms with Gasteiger partial charge in [-0.1, -0.05) is 0 Å². The first-order valence-electron chi connectivity index (χ1n) is 8.75. The number of nitrogens with zero attached hydrogens (tertiary/aromatic N) is 5. The molecule has 2 atom stereocenters. The second kappa shape index (κ2) is 5.85. The van der Waals surface area contributed by atoms with Crippen molar-refractivity contribution in [2.75, 3.05) is 5.32 Å². The Labute approximate surface area is 149 Å². The molecule has 2 N–H and O–H groups in total. The highest BCUT2D eigenvalue weighted by molar-refractivity contribution is 5.74. The summed E-state index contributed by atoms with van der Waals surface area (Å²) in [5, 5.41) is 21.3. The van der Waals surface area contributed by atoms with Crippen molar-refractivity contribution in [3.63, 3.8) is 0 Å². The molecule has 4 aromatic rings. The number of nitrogens with one attached hydrogen (secondary N) is 2. The number of nitriles is 1. The van der Waals surface area contributed by atoms with Gasteiger partial charge in [-0.15, -0.1) is 10.2 Å². The lowest BCUT2D eigenvalue weighted by Crippen LogP contribution is -2.15. The van der Waals surface area contributed by atoms with E-state index in [1.54, 1.807) is 6.20 Å². The van der Waals surface area contributed by atoms with Gasteiger partial charge in [-0.25, -0.2) is 4.98 Å². The van der Waals surface area contributed by atoms with Crippen LogP contribution in [0.1, 0.15) is 36.6 Å². The molecule has 5 rings (SSSR count). The Kier molecular flexibility index (Phi) is 3.35. The summed E-state index contributed by atoms with van der Waals surface area (Å²) in [5.41, 5.74) is 4.39. The topological polar surface area (TPSA) is 94.7 Å². The van der Waals surface area contributed by atoms with E-state index in [2.05, 4.69) is 36.0 Å². The minimum atomic E-state index is 0.362. The Morgan fingerprint density at radius 1 is 1.15 bits per heavy atom. The lowest BCUT2D eigenvalue weighted by atomic mass is 10.1. The highest BCUT2D eigenvalue weighted by Gasteiger charge is 2.29. The number of anilines is 1. The van der Waals surface area contributed by atoms with Gasteiger partial charge in [0.05, 0.1) is 23.3 Å². The first-order valence-corrected chi connectivity index (χ1v) is 8.75. The van der Waals surface area contributed by atoms with Gasteiger partial charge in [-0.3, -0.25) is 4.40 Å². The fourth-order valence-electron chi connectivity index (χ4n) is 3.89. The quantitative estimate of drug-likeness (QED) is 0.595. The standard InChI is InChI=1S/C19H17N7/c20-10-12-1-4-14(5-2-12)23-15-6-3-13(9-15)19-25-24-17-11-22-18-16(26(17)19)7-8-21-18/h1-2,4-5,7-8,11,13,15,21,23H,3,6,9H2/t13-,15+/m1/s1. The molecule has 0 saturated heterocycles. The summed E-state index contributed by atoms with van der Waals surface area (Å²) in [6.45, 7) is 0. The minimum absolute atomic E-state index is 0.362. The van der Waals surface area contributed by atoms with Gasteiger partial charge in [0.15, 0.2) is 11.3 Å². The maximum Gasteiger partial charge on any atom is 0.179 e. The van der Waals surface area contributed by atoms with Crippen LogP contribution in [-0.2, 0) is 0 Å². The number of benzene rings is 1. The van der Waals surface area contributed by atoms with Crippen LogP contribution in [0.5, 0.6) is 0 Å². The Hall–Kier alpha value is -3.40. The average Bonchev–Trinajstić information content (AvgIpc) is 3.40. The molecule has 1 aliphatic rings. The Balaban J connectivity index is 1.39.